The lowest BCUT2D eigenvalue weighted by atomic mass is 9.87. The fourth-order valence-electron chi connectivity index (χ4n) is 4.67. The summed E-state index contributed by atoms with van der Waals surface area (Å²) in [7, 11) is -3.75. The molecule has 2 heterocycles. The van der Waals surface area contributed by atoms with Gasteiger partial charge in [0, 0.05) is 19.6 Å². The molecule has 0 bridgehead atoms. The van der Waals surface area contributed by atoms with Crippen molar-refractivity contribution in [3.8, 4) is 0 Å². The summed E-state index contributed by atoms with van der Waals surface area (Å²) in [4.78, 5) is 15.5. The molecule has 0 saturated carbocycles. The first-order chi connectivity index (χ1) is 16.3. The van der Waals surface area contributed by atoms with Gasteiger partial charge in [0.25, 0.3) is 16.0 Å². The third-order valence-corrected chi connectivity index (χ3v) is 6.78. The monoisotopic (exact) mass is 491 g/mol. The predicted octanol–water partition coefficient (Wildman–Crippen LogP) is 3.23. The first kappa shape index (κ1) is 24.8. The van der Waals surface area contributed by atoms with Gasteiger partial charge in [-0.25, -0.2) is 4.39 Å². The maximum Gasteiger partial charge on any atom is 0.264 e. The van der Waals surface area contributed by atoms with Gasteiger partial charge in [-0.3, -0.25) is 8.98 Å². The van der Waals surface area contributed by atoms with Gasteiger partial charge in [0.2, 0.25) is 0 Å². The van der Waals surface area contributed by atoms with Crippen LogP contribution in [0, 0.1) is 5.82 Å². The maximum absolute atomic E-state index is 13.7. The van der Waals surface area contributed by atoms with Crippen LogP contribution in [-0.4, -0.2) is 63.6 Å². The number of halogens is 1. The van der Waals surface area contributed by atoms with Crippen molar-refractivity contribution in [2.24, 2.45) is 0 Å². The van der Waals surface area contributed by atoms with E-state index < -0.39 is 34.5 Å². The number of carbonyl (C=O) groups is 1. The van der Waals surface area contributed by atoms with E-state index in [0.717, 1.165) is 29.4 Å². The first-order valence-electron chi connectivity index (χ1n) is 11.5. The smallest absolute Gasteiger partial charge is 0.264 e. The number of rotatable bonds is 7. The average Bonchev–Trinajstić information content (AvgIpc) is 2.81. The molecule has 2 aliphatic rings. The quantitative estimate of drug-likeness (QED) is 0.553. The van der Waals surface area contributed by atoms with Gasteiger partial charge in [-0.05, 0) is 41.7 Å². The van der Waals surface area contributed by atoms with Gasteiger partial charge in [0.15, 0.2) is 0 Å². The van der Waals surface area contributed by atoms with E-state index >= 15 is 0 Å². The van der Waals surface area contributed by atoms with Crippen LogP contribution < -0.4 is 0 Å². The van der Waals surface area contributed by atoms with Gasteiger partial charge in [-0.2, -0.15) is 8.42 Å². The van der Waals surface area contributed by atoms with Crippen molar-refractivity contribution in [2.75, 3.05) is 26.0 Å². The van der Waals surface area contributed by atoms with Crippen LogP contribution in [0.15, 0.2) is 48.5 Å². The Balaban J connectivity index is 1.60. The second-order valence-corrected chi connectivity index (χ2v) is 10.3. The number of nitrogens with zero attached hydrogens (tertiary/aromatic N) is 1. The van der Waals surface area contributed by atoms with Crippen LogP contribution in [0.2, 0.25) is 0 Å². The molecule has 0 unspecified atom stereocenters. The molecule has 2 aliphatic heterocycles. The van der Waals surface area contributed by atoms with Crippen molar-refractivity contribution in [1.82, 2.24) is 4.90 Å². The van der Waals surface area contributed by atoms with E-state index in [1.807, 2.05) is 31.2 Å². The summed E-state index contributed by atoms with van der Waals surface area (Å²) in [6.07, 6.45) is 0.229. The standard InChI is InChI=1S/C25H30FNO6S/c1-3-14-31-23-16-32-22(15-21(23)33-34(2,29)30)25(28)27-13-12-17-6-4-5-7-20(17)24(27)18-8-10-19(26)11-9-18/h4-11,21-24H,3,12-16H2,1-2H3/t21-,22+,23-,24-/m0/s1. The van der Waals surface area contributed by atoms with E-state index in [-0.39, 0.29) is 24.8 Å². The van der Waals surface area contributed by atoms with E-state index in [1.165, 1.54) is 12.1 Å². The Morgan fingerprint density at radius 3 is 2.59 bits per heavy atom. The van der Waals surface area contributed by atoms with Gasteiger partial charge in [0.1, 0.15) is 24.1 Å². The second-order valence-electron chi connectivity index (χ2n) is 8.74. The number of fused-ring (bicyclic) bond motifs is 1. The summed E-state index contributed by atoms with van der Waals surface area (Å²) in [5.41, 5.74) is 2.92. The van der Waals surface area contributed by atoms with E-state index in [2.05, 4.69) is 0 Å². The lowest BCUT2D eigenvalue weighted by Gasteiger charge is -2.41. The largest absolute Gasteiger partial charge is 0.373 e. The number of benzene rings is 2. The van der Waals surface area contributed by atoms with Gasteiger partial charge in [0.05, 0.1) is 18.9 Å². The number of carbonyl (C=O) groups excluding carboxylic acids is 1. The lowest BCUT2D eigenvalue weighted by molar-refractivity contribution is -0.168. The summed E-state index contributed by atoms with van der Waals surface area (Å²) in [6, 6.07) is 13.7. The van der Waals surface area contributed by atoms with Crippen LogP contribution in [0.3, 0.4) is 0 Å². The Labute approximate surface area is 199 Å². The molecule has 1 amide bonds. The molecule has 4 rings (SSSR count). The molecule has 2 aromatic carbocycles. The van der Waals surface area contributed by atoms with Crippen LogP contribution in [-0.2, 0) is 35.0 Å². The number of amides is 1. The molecule has 4 atom stereocenters. The van der Waals surface area contributed by atoms with Crippen molar-refractivity contribution in [1.29, 1.82) is 0 Å². The number of hydrogen-bond donors (Lipinski definition) is 0. The maximum atomic E-state index is 13.7. The van der Waals surface area contributed by atoms with E-state index in [0.29, 0.717) is 19.6 Å². The number of ether oxygens (including phenoxy) is 2. The molecule has 0 N–H and O–H groups in total. The van der Waals surface area contributed by atoms with Crippen molar-refractivity contribution in [2.45, 2.75) is 50.5 Å². The zero-order chi connectivity index (χ0) is 24.3. The predicted molar refractivity (Wildman–Crippen MR) is 124 cm³/mol. The van der Waals surface area contributed by atoms with Crippen LogP contribution in [0.4, 0.5) is 4.39 Å². The molecule has 7 nitrogen and oxygen atoms in total. The Morgan fingerprint density at radius 1 is 1.15 bits per heavy atom. The fraction of sp³-hybridized carbons (Fsp3) is 0.480. The minimum absolute atomic E-state index is 0.0578. The van der Waals surface area contributed by atoms with Crippen LogP contribution >= 0.6 is 0 Å². The van der Waals surface area contributed by atoms with Gasteiger partial charge < -0.3 is 14.4 Å². The Kier molecular flexibility index (Phi) is 7.67. The topological polar surface area (TPSA) is 82.1 Å². The fourth-order valence-corrected chi connectivity index (χ4v) is 5.32. The minimum Gasteiger partial charge on any atom is -0.373 e. The van der Waals surface area contributed by atoms with Crippen LogP contribution in [0.5, 0.6) is 0 Å². The highest BCUT2D eigenvalue weighted by Crippen LogP contribution is 2.36. The third kappa shape index (κ3) is 5.66. The minimum atomic E-state index is -3.75. The molecule has 0 spiro atoms. The van der Waals surface area contributed by atoms with Gasteiger partial charge >= 0.3 is 0 Å². The molecular formula is C25H30FNO6S. The van der Waals surface area contributed by atoms with E-state index in [4.69, 9.17) is 13.7 Å². The molecule has 0 radical (unpaired) electrons. The summed E-state index contributed by atoms with van der Waals surface area (Å²) in [6.45, 7) is 2.91. The molecule has 1 saturated heterocycles. The van der Waals surface area contributed by atoms with Crippen molar-refractivity contribution >= 4 is 16.0 Å². The van der Waals surface area contributed by atoms with E-state index in [1.54, 1.807) is 17.0 Å². The van der Waals surface area contributed by atoms with Gasteiger partial charge in [-0.1, -0.05) is 43.3 Å². The van der Waals surface area contributed by atoms with Crippen molar-refractivity contribution < 1.29 is 31.3 Å². The normalized spacial score (nSPS) is 25.1. The highest BCUT2D eigenvalue weighted by molar-refractivity contribution is 7.86. The zero-order valence-corrected chi connectivity index (χ0v) is 20.2. The molecule has 2 aromatic rings. The molecular weight excluding hydrogens is 461 g/mol. The molecule has 34 heavy (non-hydrogen) atoms. The van der Waals surface area contributed by atoms with Gasteiger partial charge in [-0.15, -0.1) is 0 Å². The molecule has 1 fully saturated rings. The van der Waals surface area contributed by atoms with Crippen LogP contribution in [0.1, 0.15) is 42.5 Å². The molecule has 9 heteroatoms. The third-order valence-electron chi connectivity index (χ3n) is 6.18. The Hall–Kier alpha value is -2.33. The summed E-state index contributed by atoms with van der Waals surface area (Å²) in [5.74, 6) is -0.597. The summed E-state index contributed by atoms with van der Waals surface area (Å²) in [5, 5.41) is 0. The summed E-state index contributed by atoms with van der Waals surface area (Å²) < 4.78 is 54.2. The number of hydrogen-bond acceptors (Lipinski definition) is 6. The van der Waals surface area contributed by atoms with Crippen molar-refractivity contribution in [3.05, 3.63) is 71.0 Å². The molecule has 0 aliphatic carbocycles. The summed E-state index contributed by atoms with van der Waals surface area (Å²) >= 11 is 0. The second kappa shape index (κ2) is 10.5. The average molecular weight is 492 g/mol. The zero-order valence-electron chi connectivity index (χ0n) is 19.4. The molecule has 0 aromatic heterocycles. The highest BCUT2D eigenvalue weighted by Gasteiger charge is 2.42. The SMILES string of the molecule is CCCO[C@H]1CO[C@@H](C(=O)N2CCc3ccccc3[C@@H]2c2ccc(F)cc2)C[C@@H]1OS(C)(=O)=O. The van der Waals surface area contributed by atoms with E-state index in [9.17, 15) is 17.6 Å². The Bertz CT molecular complexity index is 1110. The Morgan fingerprint density at radius 2 is 1.88 bits per heavy atom. The van der Waals surface area contributed by atoms with Crippen molar-refractivity contribution in [3.63, 3.8) is 0 Å². The lowest BCUT2D eigenvalue weighted by Crippen LogP contribution is -2.53. The first-order valence-corrected chi connectivity index (χ1v) is 13.3. The highest BCUT2D eigenvalue weighted by atomic mass is 32.2. The molecule has 184 valence electrons. The van der Waals surface area contributed by atoms with Crippen LogP contribution in [0.25, 0.3) is 0 Å².